The first-order chi connectivity index (χ1) is 14.9. The first-order valence-corrected chi connectivity index (χ1v) is 10.6. The molecule has 1 saturated heterocycles. The zero-order chi connectivity index (χ0) is 23.3. The number of nitrogens with zero attached hydrogens (tertiary/aromatic N) is 4. The lowest BCUT2D eigenvalue weighted by Crippen LogP contribution is -2.51. The molecule has 4 rings (SSSR count). The summed E-state index contributed by atoms with van der Waals surface area (Å²) in [7, 11) is 0. The van der Waals surface area contributed by atoms with E-state index in [0.29, 0.717) is 0 Å². The van der Waals surface area contributed by atoms with Gasteiger partial charge in [-0.25, -0.2) is 18.7 Å². The summed E-state index contributed by atoms with van der Waals surface area (Å²) in [6.07, 6.45) is -4.16. The maximum Gasteiger partial charge on any atom is 0.433 e. The molecule has 7 nitrogen and oxygen atoms in total. The number of halogens is 5. The predicted molar refractivity (Wildman–Crippen MR) is 101 cm³/mol. The molecule has 12 heteroatoms. The van der Waals surface area contributed by atoms with Crippen LogP contribution in [0.2, 0.25) is 0 Å². The van der Waals surface area contributed by atoms with Crippen LogP contribution in [0.3, 0.4) is 0 Å². The van der Waals surface area contributed by atoms with Crippen molar-refractivity contribution in [1.29, 1.82) is 0 Å². The van der Waals surface area contributed by atoms with Crippen molar-refractivity contribution < 1.29 is 31.5 Å². The van der Waals surface area contributed by atoms with Crippen LogP contribution in [-0.2, 0) is 28.7 Å². The Balaban J connectivity index is 1.42. The van der Waals surface area contributed by atoms with Crippen LogP contribution in [-0.4, -0.2) is 63.2 Å². The SMILES string of the molecule is N[C@@H](CC(=O)N1CCc2c(nc(C3CC3)nc2C(F)(F)F)C1)CN1CC(F)(F)CCC1=O. The number of hydrogen-bond acceptors (Lipinski definition) is 5. The molecule has 1 aromatic heterocycles. The molecule has 2 aliphatic heterocycles. The average molecular weight is 461 g/mol. The predicted octanol–water partition coefficient (Wildman–Crippen LogP) is 2.23. The number of rotatable bonds is 5. The van der Waals surface area contributed by atoms with Gasteiger partial charge in [0.15, 0.2) is 5.69 Å². The van der Waals surface area contributed by atoms with Crippen LogP contribution >= 0.6 is 0 Å². The molecule has 3 aliphatic rings. The molecule has 1 atom stereocenters. The molecular weight excluding hydrogens is 437 g/mol. The maximum absolute atomic E-state index is 13.6. The highest BCUT2D eigenvalue weighted by atomic mass is 19.4. The highest BCUT2D eigenvalue weighted by Crippen LogP contribution is 2.41. The van der Waals surface area contributed by atoms with E-state index in [0.717, 1.165) is 17.7 Å². The Morgan fingerprint density at radius 1 is 1.22 bits per heavy atom. The van der Waals surface area contributed by atoms with Crippen LogP contribution in [0.15, 0.2) is 0 Å². The van der Waals surface area contributed by atoms with Crippen LogP contribution in [0, 0.1) is 0 Å². The summed E-state index contributed by atoms with van der Waals surface area (Å²) in [6.45, 7) is -0.954. The summed E-state index contributed by atoms with van der Waals surface area (Å²) in [5.74, 6) is -3.76. The number of aromatic nitrogens is 2. The van der Waals surface area contributed by atoms with Gasteiger partial charge in [0.05, 0.1) is 18.8 Å². The molecule has 2 N–H and O–H groups in total. The van der Waals surface area contributed by atoms with Gasteiger partial charge in [-0.1, -0.05) is 0 Å². The van der Waals surface area contributed by atoms with E-state index in [1.165, 1.54) is 4.90 Å². The summed E-state index contributed by atoms with van der Waals surface area (Å²) >= 11 is 0. The number of carbonyl (C=O) groups excluding carboxylic acids is 2. The monoisotopic (exact) mass is 461 g/mol. The van der Waals surface area contributed by atoms with Crippen molar-refractivity contribution in [3.63, 3.8) is 0 Å². The highest BCUT2D eigenvalue weighted by molar-refractivity contribution is 5.78. The molecule has 2 fully saturated rings. The summed E-state index contributed by atoms with van der Waals surface area (Å²) in [5.41, 5.74) is 5.22. The average Bonchev–Trinajstić information content (AvgIpc) is 3.54. The zero-order valence-electron chi connectivity index (χ0n) is 17.3. The third-order valence-corrected chi connectivity index (χ3v) is 6.02. The number of nitrogens with two attached hydrogens (primary N) is 1. The van der Waals surface area contributed by atoms with Crippen molar-refractivity contribution in [2.75, 3.05) is 19.6 Å². The molecule has 2 amide bonds. The number of carbonyl (C=O) groups is 2. The summed E-state index contributed by atoms with van der Waals surface area (Å²) in [6, 6.07) is -0.861. The van der Waals surface area contributed by atoms with E-state index in [1.807, 2.05) is 0 Å². The van der Waals surface area contributed by atoms with Gasteiger partial charge >= 0.3 is 6.18 Å². The normalized spacial score (nSPS) is 22.0. The Bertz CT molecular complexity index is 918. The molecule has 0 radical (unpaired) electrons. The van der Waals surface area contributed by atoms with Gasteiger partial charge in [0.1, 0.15) is 5.82 Å². The molecular formula is C20H24F5N5O2. The van der Waals surface area contributed by atoms with Gasteiger partial charge in [-0.2, -0.15) is 13.2 Å². The second-order valence-electron chi connectivity index (χ2n) is 8.79. The molecule has 1 aromatic rings. The van der Waals surface area contributed by atoms with E-state index in [-0.39, 0.29) is 61.9 Å². The third-order valence-electron chi connectivity index (χ3n) is 6.02. The minimum atomic E-state index is -4.60. The molecule has 0 bridgehead atoms. The second kappa shape index (κ2) is 8.20. The Labute approximate surface area is 181 Å². The quantitative estimate of drug-likeness (QED) is 0.679. The largest absolute Gasteiger partial charge is 0.433 e. The fraction of sp³-hybridized carbons (Fsp3) is 0.700. The van der Waals surface area contributed by atoms with Crippen molar-refractivity contribution in [3.8, 4) is 0 Å². The number of piperidine rings is 1. The van der Waals surface area contributed by atoms with E-state index in [2.05, 4.69) is 9.97 Å². The summed E-state index contributed by atoms with van der Waals surface area (Å²) < 4.78 is 67.7. The molecule has 1 saturated carbocycles. The third kappa shape index (κ3) is 5.00. The minimum Gasteiger partial charge on any atom is -0.336 e. The van der Waals surface area contributed by atoms with Gasteiger partial charge in [0.25, 0.3) is 5.92 Å². The molecule has 1 aliphatic carbocycles. The van der Waals surface area contributed by atoms with Crippen LogP contribution in [0.1, 0.15) is 60.8 Å². The van der Waals surface area contributed by atoms with Gasteiger partial charge in [0, 0.05) is 49.9 Å². The van der Waals surface area contributed by atoms with E-state index in [9.17, 15) is 31.5 Å². The lowest BCUT2D eigenvalue weighted by molar-refractivity contribution is -0.148. The van der Waals surface area contributed by atoms with Gasteiger partial charge in [-0.15, -0.1) is 0 Å². The van der Waals surface area contributed by atoms with Crippen LogP contribution in [0.5, 0.6) is 0 Å². The Kier molecular flexibility index (Phi) is 5.84. The first kappa shape index (κ1) is 22.8. The standard InChI is InChI=1S/C20H24F5N5O2/c21-19(22)5-3-15(31)30(10-19)8-12(26)7-16(32)29-6-4-13-14(9-29)27-18(11-1-2-11)28-17(13)20(23,24)25/h11-12H,1-10,26H2/t12-/m0/s1. The lowest BCUT2D eigenvalue weighted by Gasteiger charge is -2.34. The smallest absolute Gasteiger partial charge is 0.336 e. The zero-order valence-corrected chi connectivity index (χ0v) is 17.3. The highest BCUT2D eigenvalue weighted by Gasteiger charge is 2.42. The Morgan fingerprint density at radius 3 is 2.59 bits per heavy atom. The molecule has 176 valence electrons. The number of likely N-dealkylation sites (tertiary alicyclic amines) is 1. The number of alkyl halides is 5. The first-order valence-electron chi connectivity index (χ1n) is 10.6. The molecule has 0 aromatic carbocycles. The molecule has 32 heavy (non-hydrogen) atoms. The fourth-order valence-corrected chi connectivity index (χ4v) is 4.18. The van der Waals surface area contributed by atoms with Crippen molar-refractivity contribution in [1.82, 2.24) is 19.8 Å². The van der Waals surface area contributed by atoms with Crippen LogP contribution in [0.4, 0.5) is 22.0 Å². The van der Waals surface area contributed by atoms with Gasteiger partial charge < -0.3 is 15.5 Å². The van der Waals surface area contributed by atoms with Gasteiger partial charge in [-0.05, 0) is 19.3 Å². The van der Waals surface area contributed by atoms with E-state index >= 15 is 0 Å². The van der Waals surface area contributed by atoms with Crippen molar-refractivity contribution in [2.24, 2.45) is 5.73 Å². The number of fused-ring (bicyclic) bond motifs is 1. The number of hydrogen-bond donors (Lipinski definition) is 1. The molecule has 3 heterocycles. The van der Waals surface area contributed by atoms with E-state index in [4.69, 9.17) is 5.73 Å². The molecule has 0 spiro atoms. The Hall–Kier alpha value is -2.37. The topological polar surface area (TPSA) is 92.4 Å². The van der Waals surface area contributed by atoms with Crippen molar-refractivity contribution in [3.05, 3.63) is 22.8 Å². The van der Waals surface area contributed by atoms with E-state index in [1.54, 1.807) is 0 Å². The summed E-state index contributed by atoms with van der Waals surface area (Å²) in [5, 5.41) is 0. The van der Waals surface area contributed by atoms with Crippen LogP contribution in [0.25, 0.3) is 0 Å². The van der Waals surface area contributed by atoms with Crippen molar-refractivity contribution in [2.45, 2.75) is 69.1 Å². The molecule has 0 unspecified atom stereocenters. The Morgan fingerprint density at radius 2 is 1.94 bits per heavy atom. The second-order valence-corrected chi connectivity index (χ2v) is 8.79. The van der Waals surface area contributed by atoms with Gasteiger partial charge in [-0.3, -0.25) is 9.59 Å². The lowest BCUT2D eigenvalue weighted by atomic mass is 10.0. The number of amides is 2. The van der Waals surface area contributed by atoms with E-state index < -0.39 is 48.6 Å². The minimum absolute atomic E-state index is 0.0105. The van der Waals surface area contributed by atoms with Crippen LogP contribution < -0.4 is 5.73 Å². The summed E-state index contributed by atoms with van der Waals surface area (Å²) in [4.78, 5) is 35.0. The fourth-order valence-electron chi connectivity index (χ4n) is 4.18. The van der Waals surface area contributed by atoms with Crippen molar-refractivity contribution >= 4 is 11.8 Å². The maximum atomic E-state index is 13.6. The van der Waals surface area contributed by atoms with Gasteiger partial charge in [0.2, 0.25) is 11.8 Å².